The number of amides is 1. The molecule has 0 bridgehead atoms. The van der Waals surface area contributed by atoms with Gasteiger partial charge < -0.3 is 14.7 Å². The van der Waals surface area contributed by atoms with E-state index < -0.39 is 0 Å². The lowest BCUT2D eigenvalue weighted by Gasteiger charge is -2.19. The summed E-state index contributed by atoms with van der Waals surface area (Å²) in [5.41, 5.74) is 2.18. The van der Waals surface area contributed by atoms with Crippen LogP contribution in [0.2, 0.25) is 0 Å². The van der Waals surface area contributed by atoms with Gasteiger partial charge in [0.25, 0.3) is 0 Å². The van der Waals surface area contributed by atoms with Crippen molar-refractivity contribution in [2.24, 2.45) is 0 Å². The van der Waals surface area contributed by atoms with E-state index >= 15 is 0 Å². The Morgan fingerprint density at radius 1 is 1.42 bits per heavy atom. The monoisotopic (exact) mass is 328 g/mol. The molecule has 1 amide bonds. The number of hydrogen-bond acceptors (Lipinski definition) is 5. The number of likely N-dealkylation sites (N-methyl/N-ethyl adjacent to an activating group) is 1. The molecule has 24 heavy (non-hydrogen) atoms. The second-order valence-electron chi connectivity index (χ2n) is 6.33. The van der Waals surface area contributed by atoms with E-state index in [1.54, 1.807) is 0 Å². The number of para-hydroxylation sites is 1. The van der Waals surface area contributed by atoms with Gasteiger partial charge >= 0.3 is 0 Å². The minimum atomic E-state index is -0.0337. The molecule has 3 rings (SSSR count). The lowest BCUT2D eigenvalue weighted by molar-refractivity contribution is -0.117. The Labute approximate surface area is 142 Å². The van der Waals surface area contributed by atoms with Crippen LogP contribution in [0.15, 0.2) is 28.8 Å². The van der Waals surface area contributed by atoms with Crippen LogP contribution in [-0.4, -0.2) is 35.7 Å². The standard InChI is InChI=1S/C18H24N4O2/c1-4-13-7-5-6-8-15(13)22-11-14(10-17(22)23)18-20-16(21-24-18)9-12(2)19-3/h5-8,12,14,19H,4,9-11H2,1-3H3. The summed E-state index contributed by atoms with van der Waals surface area (Å²) in [7, 11) is 1.91. The van der Waals surface area contributed by atoms with E-state index in [2.05, 4.69) is 35.4 Å². The van der Waals surface area contributed by atoms with Crippen LogP contribution < -0.4 is 10.2 Å². The summed E-state index contributed by atoms with van der Waals surface area (Å²) in [6, 6.07) is 8.34. The van der Waals surface area contributed by atoms with E-state index in [-0.39, 0.29) is 17.9 Å². The molecule has 1 aromatic heterocycles. The van der Waals surface area contributed by atoms with E-state index in [0.29, 0.717) is 31.1 Å². The Hall–Kier alpha value is -2.21. The Morgan fingerprint density at radius 3 is 2.96 bits per heavy atom. The van der Waals surface area contributed by atoms with Gasteiger partial charge in [-0.3, -0.25) is 4.79 Å². The van der Waals surface area contributed by atoms with Crippen LogP contribution in [-0.2, 0) is 17.6 Å². The zero-order valence-electron chi connectivity index (χ0n) is 14.5. The molecule has 0 aliphatic carbocycles. The maximum Gasteiger partial charge on any atom is 0.232 e. The van der Waals surface area contributed by atoms with Gasteiger partial charge in [-0.05, 0) is 32.0 Å². The second-order valence-corrected chi connectivity index (χ2v) is 6.33. The van der Waals surface area contributed by atoms with E-state index in [1.807, 2.05) is 30.1 Å². The molecule has 1 fully saturated rings. The van der Waals surface area contributed by atoms with E-state index in [4.69, 9.17) is 4.52 Å². The van der Waals surface area contributed by atoms with Crippen LogP contribution in [0.4, 0.5) is 5.69 Å². The number of anilines is 1. The van der Waals surface area contributed by atoms with Gasteiger partial charge in [-0.15, -0.1) is 0 Å². The largest absolute Gasteiger partial charge is 0.339 e. The molecule has 6 heteroatoms. The Balaban J connectivity index is 1.75. The SMILES string of the molecule is CCc1ccccc1N1CC(c2nc(CC(C)NC)no2)CC1=O. The summed E-state index contributed by atoms with van der Waals surface area (Å²) in [6.07, 6.45) is 2.03. The van der Waals surface area contributed by atoms with Gasteiger partial charge in [-0.2, -0.15) is 4.98 Å². The molecule has 1 saturated heterocycles. The highest BCUT2D eigenvalue weighted by atomic mass is 16.5. The molecule has 1 aliphatic rings. The molecule has 0 radical (unpaired) electrons. The van der Waals surface area contributed by atoms with Crippen LogP contribution in [0, 0.1) is 0 Å². The molecule has 1 aromatic carbocycles. The smallest absolute Gasteiger partial charge is 0.232 e. The topological polar surface area (TPSA) is 71.3 Å². The van der Waals surface area contributed by atoms with E-state index in [0.717, 1.165) is 12.1 Å². The summed E-state index contributed by atoms with van der Waals surface area (Å²) in [6.45, 7) is 4.77. The molecule has 128 valence electrons. The molecule has 2 unspecified atom stereocenters. The lowest BCUT2D eigenvalue weighted by Crippen LogP contribution is -2.25. The van der Waals surface area contributed by atoms with Gasteiger partial charge in [0.2, 0.25) is 11.8 Å². The Morgan fingerprint density at radius 2 is 2.21 bits per heavy atom. The van der Waals surface area contributed by atoms with E-state index in [9.17, 15) is 4.79 Å². The summed E-state index contributed by atoms with van der Waals surface area (Å²) < 4.78 is 5.42. The van der Waals surface area contributed by atoms with Crippen LogP contribution in [0.25, 0.3) is 0 Å². The maximum absolute atomic E-state index is 12.5. The van der Waals surface area contributed by atoms with Crippen LogP contribution in [0.1, 0.15) is 43.5 Å². The average Bonchev–Trinajstić information content (AvgIpc) is 3.21. The Bertz CT molecular complexity index is 713. The number of carbonyl (C=O) groups is 1. The highest BCUT2D eigenvalue weighted by molar-refractivity contribution is 5.97. The minimum absolute atomic E-state index is 0.0337. The fourth-order valence-corrected chi connectivity index (χ4v) is 3.07. The first-order chi connectivity index (χ1) is 11.6. The number of hydrogen-bond donors (Lipinski definition) is 1. The summed E-state index contributed by atoms with van der Waals surface area (Å²) in [5, 5.41) is 7.21. The molecular formula is C18H24N4O2. The van der Waals surface area contributed by atoms with Crippen molar-refractivity contribution in [3.63, 3.8) is 0 Å². The first kappa shape index (κ1) is 16.6. The molecular weight excluding hydrogens is 304 g/mol. The predicted molar refractivity (Wildman–Crippen MR) is 92.1 cm³/mol. The van der Waals surface area contributed by atoms with Crippen molar-refractivity contribution in [3.8, 4) is 0 Å². The average molecular weight is 328 g/mol. The van der Waals surface area contributed by atoms with Gasteiger partial charge in [-0.1, -0.05) is 30.3 Å². The molecule has 1 N–H and O–H groups in total. The number of aromatic nitrogens is 2. The van der Waals surface area contributed by atoms with E-state index in [1.165, 1.54) is 5.56 Å². The number of nitrogens with zero attached hydrogens (tertiary/aromatic N) is 3. The predicted octanol–water partition coefficient (Wildman–Crippen LogP) is 2.30. The molecule has 0 saturated carbocycles. The maximum atomic E-state index is 12.5. The number of benzene rings is 1. The zero-order chi connectivity index (χ0) is 17.1. The quantitative estimate of drug-likeness (QED) is 0.881. The van der Waals surface area contributed by atoms with Crippen molar-refractivity contribution < 1.29 is 9.32 Å². The van der Waals surface area contributed by atoms with Crippen molar-refractivity contribution >= 4 is 11.6 Å². The molecule has 2 heterocycles. The summed E-state index contributed by atoms with van der Waals surface area (Å²) in [4.78, 5) is 18.8. The third-order valence-electron chi connectivity index (χ3n) is 4.60. The summed E-state index contributed by atoms with van der Waals surface area (Å²) >= 11 is 0. The zero-order valence-corrected chi connectivity index (χ0v) is 14.5. The van der Waals surface area contributed by atoms with Gasteiger partial charge in [0, 0.05) is 31.1 Å². The first-order valence-corrected chi connectivity index (χ1v) is 8.50. The van der Waals surface area contributed by atoms with Gasteiger partial charge in [-0.25, -0.2) is 0 Å². The highest BCUT2D eigenvalue weighted by Gasteiger charge is 2.35. The molecule has 2 atom stereocenters. The number of nitrogens with one attached hydrogen (secondary N) is 1. The third kappa shape index (κ3) is 3.33. The molecule has 6 nitrogen and oxygen atoms in total. The van der Waals surface area contributed by atoms with Crippen molar-refractivity contribution in [1.29, 1.82) is 0 Å². The molecule has 0 spiro atoms. The minimum Gasteiger partial charge on any atom is -0.339 e. The second kappa shape index (κ2) is 7.13. The van der Waals surface area contributed by atoms with Gasteiger partial charge in [0.15, 0.2) is 5.82 Å². The lowest BCUT2D eigenvalue weighted by atomic mass is 10.1. The Kier molecular flexibility index (Phi) is 4.94. The summed E-state index contributed by atoms with van der Waals surface area (Å²) in [5.74, 6) is 1.34. The van der Waals surface area contributed by atoms with Gasteiger partial charge in [0.05, 0.1) is 5.92 Å². The van der Waals surface area contributed by atoms with Crippen molar-refractivity contribution in [3.05, 3.63) is 41.5 Å². The van der Waals surface area contributed by atoms with Gasteiger partial charge in [0.1, 0.15) is 0 Å². The molecule has 2 aromatic rings. The van der Waals surface area contributed by atoms with Crippen molar-refractivity contribution in [2.75, 3.05) is 18.5 Å². The number of carbonyl (C=O) groups excluding carboxylic acids is 1. The first-order valence-electron chi connectivity index (χ1n) is 8.50. The normalized spacial score (nSPS) is 19.0. The van der Waals surface area contributed by atoms with Crippen LogP contribution >= 0.6 is 0 Å². The molecule has 1 aliphatic heterocycles. The van der Waals surface area contributed by atoms with Crippen molar-refractivity contribution in [2.45, 2.75) is 45.1 Å². The number of aryl methyl sites for hydroxylation is 1. The van der Waals surface area contributed by atoms with Crippen LogP contribution in [0.3, 0.4) is 0 Å². The highest BCUT2D eigenvalue weighted by Crippen LogP contribution is 2.33. The number of rotatable bonds is 6. The fraction of sp³-hybridized carbons (Fsp3) is 0.500. The van der Waals surface area contributed by atoms with Crippen LogP contribution in [0.5, 0.6) is 0 Å². The van der Waals surface area contributed by atoms with Crippen molar-refractivity contribution in [1.82, 2.24) is 15.5 Å². The third-order valence-corrected chi connectivity index (χ3v) is 4.60. The fourth-order valence-electron chi connectivity index (χ4n) is 3.07.